The number of ether oxygens (including phenoxy) is 2. The summed E-state index contributed by atoms with van der Waals surface area (Å²) in [4.78, 5) is 0. The minimum Gasteiger partial charge on any atom is -0.494 e. The lowest BCUT2D eigenvalue weighted by Crippen LogP contribution is -2.11. The van der Waals surface area contributed by atoms with E-state index in [1.807, 2.05) is 6.92 Å². The molecule has 1 atom stereocenters. The zero-order chi connectivity index (χ0) is 15.7. The van der Waals surface area contributed by atoms with Crippen LogP contribution in [0.1, 0.15) is 37.9 Å². The van der Waals surface area contributed by atoms with Crippen molar-refractivity contribution in [1.82, 2.24) is 0 Å². The van der Waals surface area contributed by atoms with E-state index < -0.39 is 18.7 Å². The van der Waals surface area contributed by atoms with Crippen LogP contribution in [-0.4, -0.2) is 31.1 Å². The van der Waals surface area contributed by atoms with Gasteiger partial charge in [-0.3, -0.25) is 0 Å². The topological polar surface area (TPSA) is 38.7 Å². The Morgan fingerprint density at radius 2 is 1.81 bits per heavy atom. The van der Waals surface area contributed by atoms with Crippen molar-refractivity contribution in [3.05, 3.63) is 29.8 Å². The molecule has 0 aliphatic carbocycles. The molecule has 120 valence electrons. The molecule has 1 aromatic carbocycles. The number of aliphatic hydroxyl groups is 1. The molecule has 3 nitrogen and oxygen atoms in total. The predicted octanol–water partition coefficient (Wildman–Crippen LogP) is 3.87. The van der Waals surface area contributed by atoms with Crippen molar-refractivity contribution < 1.29 is 27.8 Å². The number of halogens is 3. The molecule has 1 aromatic rings. The van der Waals surface area contributed by atoms with Gasteiger partial charge in [0.25, 0.3) is 0 Å². The molecule has 0 heterocycles. The molecule has 0 fully saturated rings. The monoisotopic (exact) mass is 306 g/mol. The van der Waals surface area contributed by atoms with Gasteiger partial charge in [-0.1, -0.05) is 19.1 Å². The van der Waals surface area contributed by atoms with E-state index in [1.54, 1.807) is 24.3 Å². The van der Waals surface area contributed by atoms with Crippen LogP contribution >= 0.6 is 0 Å². The fourth-order valence-electron chi connectivity index (χ4n) is 1.67. The third-order valence-corrected chi connectivity index (χ3v) is 2.76. The second kappa shape index (κ2) is 8.89. The fraction of sp³-hybridized carbons (Fsp3) is 0.600. The average molecular weight is 306 g/mol. The highest BCUT2D eigenvalue weighted by atomic mass is 19.4. The molecular weight excluding hydrogens is 285 g/mol. The lowest BCUT2D eigenvalue weighted by atomic mass is 10.1. The fourth-order valence-corrected chi connectivity index (χ4v) is 1.67. The summed E-state index contributed by atoms with van der Waals surface area (Å²) in [6.07, 6.45) is -5.06. The van der Waals surface area contributed by atoms with E-state index in [-0.39, 0.29) is 19.6 Å². The Bertz CT molecular complexity index is 390. The Morgan fingerprint density at radius 3 is 2.38 bits per heavy atom. The molecule has 0 aliphatic heterocycles. The van der Waals surface area contributed by atoms with Gasteiger partial charge in [0, 0.05) is 13.0 Å². The number of rotatable bonds is 9. The van der Waals surface area contributed by atoms with Crippen molar-refractivity contribution >= 4 is 0 Å². The second-order valence-corrected chi connectivity index (χ2v) is 4.73. The number of aliphatic hydroxyl groups excluding tert-OH is 1. The van der Waals surface area contributed by atoms with E-state index in [9.17, 15) is 18.3 Å². The summed E-state index contributed by atoms with van der Waals surface area (Å²) in [5.74, 6) is 0.721. The highest BCUT2D eigenvalue weighted by Crippen LogP contribution is 2.22. The molecule has 21 heavy (non-hydrogen) atoms. The van der Waals surface area contributed by atoms with E-state index in [1.165, 1.54) is 0 Å². The molecule has 1 rings (SSSR count). The van der Waals surface area contributed by atoms with Crippen LogP contribution in [0.25, 0.3) is 0 Å². The number of benzene rings is 1. The van der Waals surface area contributed by atoms with Crippen LogP contribution < -0.4 is 4.74 Å². The molecule has 0 aliphatic rings. The van der Waals surface area contributed by atoms with Gasteiger partial charge >= 0.3 is 6.18 Å². The standard InChI is InChI=1S/C15H21F3O3/c1-2-9-21-13-6-4-12(5-7-13)14(19)11-20-10-3-8-15(16,17)18/h4-7,14,19H,2-3,8-11H2,1H3. The summed E-state index contributed by atoms with van der Waals surface area (Å²) in [6, 6.07) is 6.93. The average Bonchev–Trinajstić information content (AvgIpc) is 2.44. The lowest BCUT2D eigenvalue weighted by molar-refractivity contribution is -0.138. The smallest absolute Gasteiger partial charge is 0.389 e. The maximum Gasteiger partial charge on any atom is 0.389 e. The minimum atomic E-state index is -4.16. The molecule has 6 heteroatoms. The van der Waals surface area contributed by atoms with Crippen LogP contribution in [0.5, 0.6) is 5.75 Å². The zero-order valence-corrected chi connectivity index (χ0v) is 12.0. The summed E-state index contributed by atoms with van der Waals surface area (Å²) in [6.45, 7) is 2.60. The first-order valence-corrected chi connectivity index (χ1v) is 6.97. The van der Waals surface area contributed by atoms with Crippen LogP contribution in [0.4, 0.5) is 13.2 Å². The van der Waals surface area contributed by atoms with Gasteiger partial charge in [0.05, 0.1) is 13.2 Å². The van der Waals surface area contributed by atoms with Crippen LogP contribution in [-0.2, 0) is 4.74 Å². The Kier molecular flexibility index (Phi) is 7.53. The van der Waals surface area contributed by atoms with Crippen molar-refractivity contribution in [1.29, 1.82) is 0 Å². The molecule has 0 spiro atoms. The minimum absolute atomic E-state index is 0.0196. The van der Waals surface area contributed by atoms with Crippen LogP contribution in [0, 0.1) is 0 Å². The molecule has 0 radical (unpaired) electrons. The van der Waals surface area contributed by atoms with Gasteiger partial charge in [0.2, 0.25) is 0 Å². The maximum absolute atomic E-state index is 11.9. The summed E-state index contributed by atoms with van der Waals surface area (Å²) in [7, 11) is 0. The first-order valence-electron chi connectivity index (χ1n) is 6.97. The van der Waals surface area contributed by atoms with Gasteiger partial charge in [-0.25, -0.2) is 0 Å². The number of hydrogen-bond acceptors (Lipinski definition) is 3. The van der Waals surface area contributed by atoms with Crippen LogP contribution in [0.3, 0.4) is 0 Å². The molecule has 0 saturated heterocycles. The molecule has 0 aromatic heterocycles. The van der Waals surface area contributed by atoms with Crippen molar-refractivity contribution in [3.8, 4) is 5.75 Å². The predicted molar refractivity (Wildman–Crippen MR) is 73.3 cm³/mol. The van der Waals surface area contributed by atoms with E-state index in [2.05, 4.69) is 0 Å². The molecular formula is C15H21F3O3. The van der Waals surface area contributed by atoms with E-state index in [0.29, 0.717) is 12.2 Å². The maximum atomic E-state index is 11.9. The van der Waals surface area contributed by atoms with E-state index in [4.69, 9.17) is 9.47 Å². The van der Waals surface area contributed by atoms with Gasteiger partial charge in [-0.05, 0) is 30.5 Å². The Balaban J connectivity index is 2.27. The highest BCUT2D eigenvalue weighted by molar-refractivity contribution is 5.28. The largest absolute Gasteiger partial charge is 0.494 e. The van der Waals surface area contributed by atoms with Crippen molar-refractivity contribution in [2.75, 3.05) is 19.8 Å². The Hall–Kier alpha value is -1.27. The SMILES string of the molecule is CCCOc1ccc(C(O)COCCCC(F)(F)F)cc1. The quantitative estimate of drug-likeness (QED) is 0.704. The van der Waals surface area contributed by atoms with Gasteiger partial charge in [0.1, 0.15) is 11.9 Å². The third-order valence-electron chi connectivity index (χ3n) is 2.76. The summed E-state index contributed by atoms with van der Waals surface area (Å²) >= 11 is 0. The molecule has 0 amide bonds. The molecule has 0 saturated carbocycles. The first-order chi connectivity index (χ1) is 9.92. The third kappa shape index (κ3) is 7.92. The molecule has 1 unspecified atom stereocenters. The van der Waals surface area contributed by atoms with Crippen molar-refractivity contribution in [2.45, 2.75) is 38.5 Å². The Morgan fingerprint density at radius 1 is 1.14 bits per heavy atom. The van der Waals surface area contributed by atoms with Gasteiger partial charge in [-0.2, -0.15) is 13.2 Å². The second-order valence-electron chi connectivity index (χ2n) is 4.73. The summed E-state index contributed by atoms with van der Waals surface area (Å²) in [5.41, 5.74) is 0.648. The van der Waals surface area contributed by atoms with Gasteiger partial charge in [-0.15, -0.1) is 0 Å². The van der Waals surface area contributed by atoms with Crippen LogP contribution in [0.15, 0.2) is 24.3 Å². The van der Waals surface area contributed by atoms with Gasteiger partial charge < -0.3 is 14.6 Å². The normalized spacial score (nSPS) is 13.2. The van der Waals surface area contributed by atoms with Crippen LogP contribution in [0.2, 0.25) is 0 Å². The number of alkyl halides is 3. The first kappa shape index (κ1) is 17.8. The summed E-state index contributed by atoms with van der Waals surface area (Å²) in [5, 5.41) is 9.86. The van der Waals surface area contributed by atoms with Gasteiger partial charge in [0.15, 0.2) is 0 Å². The van der Waals surface area contributed by atoms with E-state index >= 15 is 0 Å². The van der Waals surface area contributed by atoms with E-state index in [0.717, 1.165) is 12.2 Å². The summed E-state index contributed by atoms with van der Waals surface area (Å²) < 4.78 is 46.2. The van der Waals surface area contributed by atoms with Crippen molar-refractivity contribution in [2.24, 2.45) is 0 Å². The van der Waals surface area contributed by atoms with Crippen molar-refractivity contribution in [3.63, 3.8) is 0 Å². The lowest BCUT2D eigenvalue weighted by Gasteiger charge is -2.13. The number of hydrogen-bond donors (Lipinski definition) is 1. The molecule has 0 bridgehead atoms. The zero-order valence-electron chi connectivity index (χ0n) is 12.0. The highest BCUT2D eigenvalue weighted by Gasteiger charge is 2.25. The Labute approximate surface area is 122 Å². The molecule has 1 N–H and O–H groups in total.